The van der Waals surface area contributed by atoms with Gasteiger partial charge in [-0.15, -0.1) is 10.2 Å². The zero-order valence-corrected chi connectivity index (χ0v) is 17.0. The van der Waals surface area contributed by atoms with Gasteiger partial charge in [0.25, 0.3) is 5.56 Å². The molecule has 0 saturated carbocycles. The van der Waals surface area contributed by atoms with E-state index < -0.39 is 11.4 Å². The lowest BCUT2D eigenvalue weighted by atomic mass is 10.1. The van der Waals surface area contributed by atoms with Crippen molar-refractivity contribution in [3.63, 3.8) is 0 Å². The van der Waals surface area contributed by atoms with Gasteiger partial charge in [-0.3, -0.25) is 9.36 Å². The summed E-state index contributed by atoms with van der Waals surface area (Å²) in [6.45, 7) is 1.86. The maximum Gasteiger partial charge on any atom is 0.285 e. The number of halogens is 3. The van der Waals surface area contributed by atoms with Gasteiger partial charge in [-0.2, -0.15) is 5.10 Å². The maximum absolute atomic E-state index is 13.5. The third kappa shape index (κ3) is 2.86. The number of benzene rings is 2. The van der Waals surface area contributed by atoms with Crippen LogP contribution in [0.2, 0.25) is 10.0 Å². The molecule has 3 heterocycles. The van der Waals surface area contributed by atoms with Crippen molar-refractivity contribution < 1.29 is 4.39 Å². The average molecular weight is 440 g/mol. The Hall–Kier alpha value is -3.29. The summed E-state index contributed by atoms with van der Waals surface area (Å²) < 4.78 is 16.4. The monoisotopic (exact) mass is 439 g/mol. The van der Waals surface area contributed by atoms with Gasteiger partial charge in [0, 0.05) is 11.2 Å². The number of nitrogens with zero attached hydrogens (tertiary/aromatic N) is 5. The smallest absolute Gasteiger partial charge is 0.282 e. The van der Waals surface area contributed by atoms with Crippen LogP contribution in [0.4, 0.5) is 4.39 Å². The topological polar surface area (TPSA) is 65.1 Å². The summed E-state index contributed by atoms with van der Waals surface area (Å²) in [5, 5.41) is 13.5. The summed E-state index contributed by atoms with van der Waals surface area (Å²) in [5.41, 5.74) is 3.54. The van der Waals surface area contributed by atoms with Crippen LogP contribution < -0.4 is 5.56 Å². The van der Waals surface area contributed by atoms with Crippen LogP contribution in [0.5, 0.6) is 0 Å². The van der Waals surface area contributed by atoms with E-state index in [4.69, 9.17) is 23.2 Å². The SMILES string of the molecule is Cc1nn2c(nnc3c(=O)n(-c4ccc(F)c(Cl)c4)ccc32)c1-c1cccc(Cl)c1. The Balaban J connectivity index is 1.76. The first-order valence-corrected chi connectivity index (χ1v) is 9.68. The molecule has 30 heavy (non-hydrogen) atoms. The van der Waals surface area contributed by atoms with Crippen LogP contribution in [0.25, 0.3) is 33.5 Å². The van der Waals surface area contributed by atoms with Gasteiger partial charge < -0.3 is 0 Å². The second kappa shape index (κ2) is 6.90. The van der Waals surface area contributed by atoms with E-state index in [1.165, 1.54) is 22.8 Å². The summed E-state index contributed by atoms with van der Waals surface area (Å²) in [7, 11) is 0. The van der Waals surface area contributed by atoms with Crippen LogP contribution in [-0.4, -0.2) is 24.4 Å². The molecular formula is C21H12Cl2FN5O. The van der Waals surface area contributed by atoms with Crippen LogP contribution in [0, 0.1) is 12.7 Å². The Morgan fingerprint density at radius 1 is 1.03 bits per heavy atom. The Kier molecular flexibility index (Phi) is 4.30. The minimum absolute atomic E-state index is 0.0742. The van der Waals surface area contributed by atoms with Gasteiger partial charge in [0.2, 0.25) is 0 Å². The van der Waals surface area contributed by atoms with E-state index in [9.17, 15) is 9.18 Å². The van der Waals surface area contributed by atoms with Crippen molar-refractivity contribution in [3.8, 4) is 16.8 Å². The number of fused-ring (bicyclic) bond motifs is 3. The summed E-state index contributed by atoms with van der Waals surface area (Å²) in [6, 6.07) is 13.1. The molecule has 0 atom stereocenters. The number of aromatic nitrogens is 5. The average Bonchev–Trinajstić information content (AvgIpc) is 3.06. The molecule has 3 aromatic heterocycles. The molecule has 0 N–H and O–H groups in total. The van der Waals surface area contributed by atoms with Crippen molar-refractivity contribution in [2.45, 2.75) is 6.92 Å². The molecule has 0 aliphatic heterocycles. The van der Waals surface area contributed by atoms with Crippen molar-refractivity contribution in [1.29, 1.82) is 0 Å². The Morgan fingerprint density at radius 2 is 1.87 bits per heavy atom. The Bertz CT molecular complexity index is 1530. The largest absolute Gasteiger partial charge is 0.285 e. The molecule has 0 amide bonds. The third-order valence-electron chi connectivity index (χ3n) is 4.85. The fourth-order valence-corrected chi connectivity index (χ4v) is 3.84. The van der Waals surface area contributed by atoms with Gasteiger partial charge in [-0.05, 0) is 48.9 Å². The molecule has 148 valence electrons. The lowest BCUT2D eigenvalue weighted by Crippen LogP contribution is -2.20. The van der Waals surface area contributed by atoms with Crippen molar-refractivity contribution >= 4 is 39.9 Å². The molecule has 0 bridgehead atoms. The van der Waals surface area contributed by atoms with E-state index in [0.29, 0.717) is 21.9 Å². The fraction of sp³-hybridized carbons (Fsp3) is 0.0476. The summed E-state index contributed by atoms with van der Waals surface area (Å²) >= 11 is 12.0. The molecule has 0 saturated heterocycles. The molecule has 2 aromatic carbocycles. The van der Waals surface area contributed by atoms with Crippen molar-refractivity contribution in [1.82, 2.24) is 24.4 Å². The van der Waals surface area contributed by atoms with Gasteiger partial charge in [-0.1, -0.05) is 35.3 Å². The van der Waals surface area contributed by atoms with E-state index in [1.54, 1.807) is 22.8 Å². The highest BCUT2D eigenvalue weighted by molar-refractivity contribution is 6.31. The minimum Gasteiger partial charge on any atom is -0.282 e. The van der Waals surface area contributed by atoms with Crippen LogP contribution >= 0.6 is 23.2 Å². The molecular weight excluding hydrogens is 428 g/mol. The molecule has 0 spiro atoms. The number of pyridine rings is 1. The van der Waals surface area contributed by atoms with Crippen LogP contribution in [0.15, 0.2) is 59.5 Å². The maximum atomic E-state index is 13.5. The first kappa shape index (κ1) is 18.7. The number of hydrogen-bond donors (Lipinski definition) is 0. The van der Waals surface area contributed by atoms with E-state index in [0.717, 1.165) is 16.8 Å². The molecule has 5 aromatic rings. The molecule has 0 unspecified atom stereocenters. The highest BCUT2D eigenvalue weighted by Crippen LogP contribution is 2.29. The zero-order valence-electron chi connectivity index (χ0n) is 15.5. The standard InChI is InChI=1S/C21H12Cl2FN5O/c1-11-18(12-3-2-4-13(22)9-12)20-26-25-19-17(29(20)27-11)7-8-28(21(19)30)14-5-6-16(24)15(23)10-14/h2-10H,1H3. The first-order valence-electron chi connectivity index (χ1n) is 8.93. The summed E-state index contributed by atoms with van der Waals surface area (Å²) in [4.78, 5) is 13.0. The van der Waals surface area contributed by atoms with Gasteiger partial charge in [0.05, 0.1) is 22.0 Å². The van der Waals surface area contributed by atoms with Crippen molar-refractivity contribution in [3.05, 3.63) is 86.6 Å². The zero-order chi connectivity index (χ0) is 21.0. The highest BCUT2D eigenvalue weighted by atomic mass is 35.5. The molecule has 5 rings (SSSR count). The van der Waals surface area contributed by atoms with Crippen LogP contribution in [-0.2, 0) is 0 Å². The second-order valence-corrected chi connectivity index (χ2v) is 7.57. The number of rotatable bonds is 2. The fourth-order valence-electron chi connectivity index (χ4n) is 3.47. The molecule has 0 fully saturated rings. The normalized spacial score (nSPS) is 11.5. The van der Waals surface area contributed by atoms with Crippen molar-refractivity contribution in [2.24, 2.45) is 0 Å². The number of aryl methyl sites for hydroxylation is 1. The lowest BCUT2D eigenvalue weighted by Gasteiger charge is -2.08. The number of hydrogen-bond acceptors (Lipinski definition) is 4. The van der Waals surface area contributed by atoms with Gasteiger partial charge >= 0.3 is 0 Å². The quantitative estimate of drug-likeness (QED) is 0.394. The third-order valence-corrected chi connectivity index (χ3v) is 5.37. The predicted molar refractivity (Wildman–Crippen MR) is 114 cm³/mol. The second-order valence-electron chi connectivity index (χ2n) is 6.73. The van der Waals surface area contributed by atoms with E-state index in [2.05, 4.69) is 15.3 Å². The summed E-state index contributed by atoms with van der Waals surface area (Å²) in [6.07, 6.45) is 1.57. The van der Waals surface area contributed by atoms with E-state index >= 15 is 0 Å². The van der Waals surface area contributed by atoms with Gasteiger partial charge in [0.1, 0.15) is 11.3 Å². The first-order chi connectivity index (χ1) is 14.4. The molecule has 9 heteroatoms. The van der Waals surface area contributed by atoms with Crippen LogP contribution in [0.1, 0.15) is 5.69 Å². The van der Waals surface area contributed by atoms with Gasteiger partial charge in [0.15, 0.2) is 11.2 Å². The lowest BCUT2D eigenvalue weighted by molar-refractivity contribution is 0.627. The highest BCUT2D eigenvalue weighted by Gasteiger charge is 2.18. The van der Waals surface area contributed by atoms with Gasteiger partial charge in [-0.25, -0.2) is 8.91 Å². The molecule has 0 radical (unpaired) electrons. The van der Waals surface area contributed by atoms with E-state index in [-0.39, 0.29) is 10.5 Å². The van der Waals surface area contributed by atoms with E-state index in [1.807, 2.05) is 25.1 Å². The predicted octanol–water partition coefficient (Wildman–Crippen LogP) is 4.85. The molecule has 0 aliphatic carbocycles. The molecule has 0 aliphatic rings. The minimum atomic E-state index is -0.559. The molecule has 6 nitrogen and oxygen atoms in total. The Morgan fingerprint density at radius 3 is 2.63 bits per heavy atom. The Labute approximate surface area is 179 Å². The van der Waals surface area contributed by atoms with Crippen molar-refractivity contribution in [2.75, 3.05) is 0 Å². The summed E-state index contributed by atoms with van der Waals surface area (Å²) in [5.74, 6) is -0.559. The van der Waals surface area contributed by atoms with Crippen LogP contribution in [0.3, 0.4) is 0 Å².